The van der Waals surface area contributed by atoms with E-state index in [4.69, 9.17) is 0 Å². The van der Waals surface area contributed by atoms with Gasteiger partial charge in [0.1, 0.15) is 18.4 Å². The summed E-state index contributed by atoms with van der Waals surface area (Å²) >= 11 is 0. The van der Waals surface area contributed by atoms with Crippen molar-refractivity contribution >= 4 is 17.1 Å². The van der Waals surface area contributed by atoms with Gasteiger partial charge in [-0.25, -0.2) is 9.20 Å². The standard InChI is InChI=1S/C23H23N5O2/c1-3-16-9-11-18(12-10-16)20-13-21-23(30)27(24-15-28(21)26-20)14-22(29)25-19-8-6-5-7-17(19)4-2/h5-13,15H,3-4,14H2,1-2H3,(H,25,29). The summed E-state index contributed by atoms with van der Waals surface area (Å²) in [5, 5.41) is 11.4. The molecule has 0 fully saturated rings. The third-order valence-corrected chi connectivity index (χ3v) is 5.11. The monoisotopic (exact) mass is 401 g/mol. The molecule has 0 bridgehead atoms. The number of hydrogen-bond acceptors (Lipinski definition) is 4. The molecule has 1 N–H and O–H groups in total. The first-order valence-corrected chi connectivity index (χ1v) is 10.0. The molecule has 4 rings (SSSR count). The van der Waals surface area contributed by atoms with Crippen LogP contribution in [0.4, 0.5) is 5.69 Å². The fourth-order valence-corrected chi connectivity index (χ4v) is 3.38. The third kappa shape index (κ3) is 3.87. The Balaban J connectivity index is 1.58. The minimum absolute atomic E-state index is 0.168. The fourth-order valence-electron chi connectivity index (χ4n) is 3.38. The summed E-state index contributed by atoms with van der Waals surface area (Å²) in [5.74, 6) is -0.301. The lowest BCUT2D eigenvalue weighted by Crippen LogP contribution is -2.30. The van der Waals surface area contributed by atoms with Crippen LogP contribution in [-0.2, 0) is 24.2 Å². The number of aryl methyl sites for hydroxylation is 2. The zero-order valence-corrected chi connectivity index (χ0v) is 17.0. The minimum atomic E-state index is -0.361. The van der Waals surface area contributed by atoms with E-state index in [9.17, 15) is 9.59 Å². The van der Waals surface area contributed by atoms with Gasteiger partial charge in [-0.05, 0) is 36.1 Å². The first-order chi connectivity index (χ1) is 14.6. The van der Waals surface area contributed by atoms with Crippen molar-refractivity contribution in [1.82, 2.24) is 19.4 Å². The molecule has 0 aliphatic carbocycles. The Kier molecular flexibility index (Phi) is 5.43. The minimum Gasteiger partial charge on any atom is -0.324 e. The van der Waals surface area contributed by atoms with Gasteiger partial charge in [0, 0.05) is 11.3 Å². The first-order valence-electron chi connectivity index (χ1n) is 10.0. The van der Waals surface area contributed by atoms with Gasteiger partial charge in [-0.2, -0.15) is 10.2 Å². The quantitative estimate of drug-likeness (QED) is 0.537. The highest BCUT2D eigenvalue weighted by molar-refractivity contribution is 5.91. The summed E-state index contributed by atoms with van der Waals surface area (Å²) in [6, 6.07) is 17.4. The van der Waals surface area contributed by atoms with Gasteiger partial charge in [-0.3, -0.25) is 9.59 Å². The van der Waals surface area contributed by atoms with Crippen molar-refractivity contribution < 1.29 is 4.79 Å². The van der Waals surface area contributed by atoms with Crippen LogP contribution in [0.3, 0.4) is 0 Å². The Morgan fingerprint density at radius 3 is 2.53 bits per heavy atom. The highest BCUT2D eigenvalue weighted by atomic mass is 16.2. The van der Waals surface area contributed by atoms with Crippen molar-refractivity contribution in [1.29, 1.82) is 0 Å². The van der Waals surface area contributed by atoms with E-state index >= 15 is 0 Å². The number of anilines is 1. The topological polar surface area (TPSA) is 81.3 Å². The van der Waals surface area contributed by atoms with Crippen LogP contribution in [0.15, 0.2) is 65.7 Å². The molecule has 0 atom stereocenters. The number of amides is 1. The lowest BCUT2D eigenvalue weighted by Gasteiger charge is -2.10. The van der Waals surface area contributed by atoms with E-state index in [2.05, 4.69) is 22.4 Å². The van der Waals surface area contributed by atoms with E-state index in [0.717, 1.165) is 34.3 Å². The van der Waals surface area contributed by atoms with Crippen LogP contribution >= 0.6 is 0 Å². The Hall–Kier alpha value is -3.74. The number of carbonyl (C=O) groups excluding carboxylic acids is 1. The average Bonchev–Trinajstić information content (AvgIpc) is 3.21. The molecular weight excluding hydrogens is 378 g/mol. The summed E-state index contributed by atoms with van der Waals surface area (Å²) in [7, 11) is 0. The number of para-hydroxylation sites is 1. The molecule has 7 heteroatoms. The molecule has 30 heavy (non-hydrogen) atoms. The van der Waals surface area contributed by atoms with E-state index in [-0.39, 0.29) is 18.0 Å². The van der Waals surface area contributed by atoms with Gasteiger partial charge in [0.25, 0.3) is 5.56 Å². The molecule has 2 aromatic carbocycles. The molecule has 2 aromatic heterocycles. The number of nitrogens with one attached hydrogen (secondary N) is 1. The van der Waals surface area contributed by atoms with E-state index in [1.54, 1.807) is 6.07 Å². The maximum Gasteiger partial charge on any atom is 0.293 e. The number of hydrogen-bond donors (Lipinski definition) is 1. The molecule has 0 saturated heterocycles. The van der Waals surface area contributed by atoms with Crippen LogP contribution < -0.4 is 10.9 Å². The molecule has 2 heterocycles. The van der Waals surface area contributed by atoms with Crippen molar-refractivity contribution in [2.75, 3.05) is 5.32 Å². The van der Waals surface area contributed by atoms with Gasteiger partial charge < -0.3 is 5.32 Å². The maximum atomic E-state index is 12.8. The van der Waals surface area contributed by atoms with Crippen molar-refractivity contribution in [3.05, 3.63) is 82.4 Å². The van der Waals surface area contributed by atoms with Crippen LogP contribution in [-0.4, -0.2) is 25.3 Å². The van der Waals surface area contributed by atoms with E-state index in [1.165, 1.54) is 16.4 Å². The molecule has 152 valence electrons. The molecular formula is C23H23N5O2. The van der Waals surface area contributed by atoms with Crippen molar-refractivity contribution in [2.45, 2.75) is 33.2 Å². The van der Waals surface area contributed by atoms with Crippen LogP contribution in [0.5, 0.6) is 0 Å². The number of aromatic nitrogens is 4. The van der Waals surface area contributed by atoms with Gasteiger partial charge in [0.15, 0.2) is 0 Å². The largest absolute Gasteiger partial charge is 0.324 e. The third-order valence-electron chi connectivity index (χ3n) is 5.11. The molecule has 1 amide bonds. The second-order valence-electron chi connectivity index (χ2n) is 7.06. The van der Waals surface area contributed by atoms with Gasteiger partial charge in [-0.15, -0.1) is 0 Å². The van der Waals surface area contributed by atoms with Crippen LogP contribution in [0.2, 0.25) is 0 Å². The van der Waals surface area contributed by atoms with Crippen LogP contribution in [0, 0.1) is 0 Å². The number of fused-ring (bicyclic) bond motifs is 1. The second kappa shape index (κ2) is 8.32. The summed E-state index contributed by atoms with van der Waals surface area (Å²) < 4.78 is 2.61. The molecule has 0 saturated carbocycles. The Labute approximate surface area is 174 Å². The lowest BCUT2D eigenvalue weighted by molar-refractivity contribution is -0.117. The van der Waals surface area contributed by atoms with E-state index < -0.39 is 0 Å². The first kappa shape index (κ1) is 19.6. The van der Waals surface area contributed by atoms with Crippen LogP contribution in [0.1, 0.15) is 25.0 Å². The predicted octanol–water partition coefficient (Wildman–Crippen LogP) is 3.32. The molecule has 0 aliphatic heterocycles. The zero-order chi connectivity index (χ0) is 21.1. The molecule has 0 spiro atoms. The number of nitrogens with zero attached hydrogens (tertiary/aromatic N) is 4. The highest BCUT2D eigenvalue weighted by Crippen LogP contribution is 2.19. The SMILES string of the molecule is CCc1ccc(-c2cc3c(=O)n(CC(=O)Nc4ccccc4CC)ncn3n2)cc1. The van der Waals surface area contributed by atoms with Crippen LogP contribution in [0.25, 0.3) is 16.8 Å². The summed E-state index contributed by atoms with van der Waals surface area (Å²) in [5.41, 5.74) is 4.66. The Morgan fingerprint density at radius 1 is 1.03 bits per heavy atom. The van der Waals surface area contributed by atoms with Gasteiger partial charge in [0.2, 0.25) is 5.91 Å². The van der Waals surface area contributed by atoms with Crippen molar-refractivity contribution in [2.24, 2.45) is 0 Å². The normalized spacial score (nSPS) is 11.0. The number of rotatable bonds is 6. The zero-order valence-electron chi connectivity index (χ0n) is 17.0. The Bertz CT molecular complexity index is 1250. The number of benzene rings is 2. The molecule has 4 aromatic rings. The summed E-state index contributed by atoms with van der Waals surface area (Å²) in [6.07, 6.45) is 3.22. The van der Waals surface area contributed by atoms with Crippen molar-refractivity contribution in [3.63, 3.8) is 0 Å². The fraction of sp³-hybridized carbons (Fsp3) is 0.217. The smallest absolute Gasteiger partial charge is 0.293 e. The highest BCUT2D eigenvalue weighted by Gasteiger charge is 2.13. The maximum absolute atomic E-state index is 12.8. The number of carbonyl (C=O) groups is 1. The lowest BCUT2D eigenvalue weighted by atomic mass is 10.1. The summed E-state index contributed by atoms with van der Waals surface area (Å²) in [4.78, 5) is 25.3. The molecule has 7 nitrogen and oxygen atoms in total. The molecule has 0 radical (unpaired) electrons. The van der Waals surface area contributed by atoms with E-state index in [1.807, 2.05) is 55.5 Å². The van der Waals surface area contributed by atoms with E-state index in [0.29, 0.717) is 11.2 Å². The molecule has 0 unspecified atom stereocenters. The van der Waals surface area contributed by atoms with Gasteiger partial charge in [0.05, 0.1) is 5.69 Å². The Morgan fingerprint density at radius 2 is 1.80 bits per heavy atom. The van der Waals surface area contributed by atoms with Gasteiger partial charge in [-0.1, -0.05) is 56.3 Å². The predicted molar refractivity (Wildman–Crippen MR) is 117 cm³/mol. The second-order valence-corrected chi connectivity index (χ2v) is 7.06. The van der Waals surface area contributed by atoms with Crippen molar-refractivity contribution in [3.8, 4) is 11.3 Å². The summed E-state index contributed by atoms with van der Waals surface area (Å²) in [6.45, 7) is 3.96. The average molecular weight is 401 g/mol. The molecule has 0 aliphatic rings. The van der Waals surface area contributed by atoms with Gasteiger partial charge >= 0.3 is 0 Å².